The number of halogens is 1. The second-order valence-electron chi connectivity index (χ2n) is 8.70. The van der Waals surface area contributed by atoms with Crippen LogP contribution in [0.25, 0.3) is 5.69 Å². The standard InChI is InChI=1S/C28H27ClN4OS/c1-17-18(2)32(20-10-6-5-7-11-20)19(3)25(17)27-26(23-12-8-9-15-30-23)31-28(35)33(27)21-13-14-24(34-4)22(29)16-21/h5-16,26-27H,1-4H3,(H,31,35)/t26-,27-/m0/s1. The Labute approximate surface area is 216 Å². The molecule has 7 heteroatoms. The predicted octanol–water partition coefficient (Wildman–Crippen LogP) is 6.64. The average Bonchev–Trinajstić information content (AvgIpc) is 3.32. The van der Waals surface area contributed by atoms with Gasteiger partial charge in [-0.05, 0) is 81.0 Å². The molecule has 2 aromatic heterocycles. The van der Waals surface area contributed by atoms with E-state index < -0.39 is 0 Å². The summed E-state index contributed by atoms with van der Waals surface area (Å²) in [4.78, 5) is 6.85. The molecular formula is C28H27ClN4OS. The lowest BCUT2D eigenvalue weighted by molar-refractivity contribution is 0.415. The van der Waals surface area contributed by atoms with E-state index in [0.29, 0.717) is 15.9 Å². The van der Waals surface area contributed by atoms with Gasteiger partial charge in [-0.1, -0.05) is 35.9 Å². The van der Waals surface area contributed by atoms with Crippen LogP contribution < -0.4 is 15.0 Å². The molecule has 2 aromatic carbocycles. The minimum absolute atomic E-state index is 0.120. The summed E-state index contributed by atoms with van der Waals surface area (Å²) in [6, 6.07) is 22.0. The van der Waals surface area contributed by atoms with Gasteiger partial charge in [0.05, 0.1) is 29.9 Å². The number of thiocarbonyl (C=S) groups is 1. The van der Waals surface area contributed by atoms with Crippen molar-refractivity contribution in [3.05, 3.63) is 106 Å². The largest absolute Gasteiger partial charge is 0.495 e. The Morgan fingerprint density at radius 1 is 0.943 bits per heavy atom. The Morgan fingerprint density at radius 3 is 2.34 bits per heavy atom. The fourth-order valence-electron chi connectivity index (χ4n) is 5.14. The third-order valence-corrected chi connectivity index (χ3v) is 7.44. The summed E-state index contributed by atoms with van der Waals surface area (Å²) in [5, 5.41) is 4.73. The van der Waals surface area contributed by atoms with E-state index in [1.807, 2.05) is 48.7 Å². The van der Waals surface area contributed by atoms with Gasteiger partial charge < -0.3 is 19.5 Å². The number of benzene rings is 2. The highest BCUT2D eigenvalue weighted by atomic mass is 35.5. The van der Waals surface area contributed by atoms with Crippen molar-refractivity contribution < 1.29 is 4.74 Å². The molecule has 3 heterocycles. The fourth-order valence-corrected chi connectivity index (χ4v) is 5.74. The molecule has 178 valence electrons. The normalized spacial score (nSPS) is 17.5. The van der Waals surface area contributed by atoms with Gasteiger partial charge in [-0.2, -0.15) is 0 Å². The lowest BCUT2D eigenvalue weighted by Gasteiger charge is -2.29. The molecule has 1 aliphatic rings. The maximum atomic E-state index is 6.54. The monoisotopic (exact) mass is 502 g/mol. The van der Waals surface area contributed by atoms with Crippen LogP contribution in [0.15, 0.2) is 72.9 Å². The van der Waals surface area contributed by atoms with Crippen molar-refractivity contribution in [2.45, 2.75) is 32.9 Å². The molecule has 0 amide bonds. The number of para-hydroxylation sites is 1. The molecule has 0 saturated carbocycles. The Bertz CT molecular complexity index is 1390. The molecule has 1 aliphatic heterocycles. The molecule has 0 unspecified atom stereocenters. The zero-order valence-electron chi connectivity index (χ0n) is 20.1. The highest BCUT2D eigenvalue weighted by molar-refractivity contribution is 7.80. The summed E-state index contributed by atoms with van der Waals surface area (Å²) >= 11 is 12.4. The first-order valence-electron chi connectivity index (χ1n) is 11.5. The van der Waals surface area contributed by atoms with E-state index >= 15 is 0 Å². The van der Waals surface area contributed by atoms with Gasteiger partial charge in [-0.3, -0.25) is 4.98 Å². The van der Waals surface area contributed by atoms with Gasteiger partial charge in [0.2, 0.25) is 0 Å². The van der Waals surface area contributed by atoms with Gasteiger partial charge in [0.1, 0.15) is 5.75 Å². The van der Waals surface area contributed by atoms with Crippen molar-refractivity contribution in [2.24, 2.45) is 0 Å². The smallest absolute Gasteiger partial charge is 0.174 e. The lowest BCUT2D eigenvalue weighted by atomic mass is 9.93. The number of methoxy groups -OCH3 is 1. The second kappa shape index (κ2) is 9.36. The topological polar surface area (TPSA) is 42.3 Å². The molecular weight excluding hydrogens is 476 g/mol. The number of pyridine rings is 1. The van der Waals surface area contributed by atoms with Crippen LogP contribution in [-0.4, -0.2) is 21.8 Å². The zero-order chi connectivity index (χ0) is 24.7. The highest BCUT2D eigenvalue weighted by Crippen LogP contribution is 2.46. The molecule has 35 heavy (non-hydrogen) atoms. The highest BCUT2D eigenvalue weighted by Gasteiger charge is 2.43. The quantitative estimate of drug-likeness (QED) is 0.310. The molecule has 5 nitrogen and oxygen atoms in total. The number of nitrogens with zero attached hydrogens (tertiary/aromatic N) is 3. The van der Waals surface area contributed by atoms with Crippen LogP contribution in [-0.2, 0) is 0 Å². The van der Waals surface area contributed by atoms with Gasteiger partial charge in [0, 0.05) is 34.5 Å². The van der Waals surface area contributed by atoms with Gasteiger partial charge >= 0.3 is 0 Å². The predicted molar refractivity (Wildman–Crippen MR) is 146 cm³/mol. The van der Waals surface area contributed by atoms with Crippen LogP contribution in [0.3, 0.4) is 0 Å². The first-order valence-corrected chi connectivity index (χ1v) is 12.3. The van der Waals surface area contributed by atoms with E-state index in [9.17, 15) is 0 Å². The SMILES string of the molecule is COc1ccc(N2C(=S)N[C@@H](c3ccccn3)[C@@H]2c2c(C)c(C)n(-c3ccccc3)c2C)cc1Cl. The maximum absolute atomic E-state index is 6.54. The van der Waals surface area contributed by atoms with Crippen molar-refractivity contribution in [2.75, 3.05) is 12.0 Å². The Morgan fingerprint density at radius 2 is 1.69 bits per heavy atom. The fraction of sp³-hybridized carbons (Fsp3) is 0.214. The number of nitrogens with one attached hydrogen (secondary N) is 1. The Kier molecular flexibility index (Phi) is 6.26. The zero-order valence-corrected chi connectivity index (χ0v) is 21.7. The minimum atomic E-state index is -0.131. The molecule has 4 aromatic rings. The van der Waals surface area contributed by atoms with E-state index in [4.69, 9.17) is 28.6 Å². The van der Waals surface area contributed by atoms with Crippen molar-refractivity contribution in [1.82, 2.24) is 14.9 Å². The molecule has 1 saturated heterocycles. The van der Waals surface area contributed by atoms with Crippen molar-refractivity contribution in [1.29, 1.82) is 0 Å². The van der Waals surface area contributed by atoms with Gasteiger partial charge in [-0.15, -0.1) is 0 Å². The third-order valence-electron chi connectivity index (χ3n) is 6.83. The molecule has 1 N–H and O–H groups in total. The minimum Gasteiger partial charge on any atom is -0.495 e. The van der Waals surface area contributed by atoms with Crippen molar-refractivity contribution in [3.8, 4) is 11.4 Å². The summed E-state index contributed by atoms with van der Waals surface area (Å²) in [6.07, 6.45) is 1.82. The van der Waals surface area contributed by atoms with Crippen molar-refractivity contribution >= 4 is 34.6 Å². The molecule has 2 atom stereocenters. The number of hydrogen-bond acceptors (Lipinski definition) is 3. The van der Waals surface area contributed by atoms with Gasteiger partial charge in [0.15, 0.2) is 5.11 Å². The van der Waals surface area contributed by atoms with Crippen LogP contribution in [0.4, 0.5) is 5.69 Å². The number of rotatable bonds is 5. The summed E-state index contributed by atoms with van der Waals surface area (Å²) in [5.41, 5.74) is 7.81. The Hall–Kier alpha value is -3.35. The molecule has 0 spiro atoms. The summed E-state index contributed by atoms with van der Waals surface area (Å²) in [5.74, 6) is 0.629. The van der Waals surface area contributed by atoms with E-state index in [1.165, 1.54) is 22.5 Å². The van der Waals surface area contributed by atoms with E-state index in [2.05, 4.69) is 64.8 Å². The molecule has 0 aliphatic carbocycles. The molecule has 1 fully saturated rings. The first-order chi connectivity index (χ1) is 16.9. The van der Waals surface area contributed by atoms with E-state index in [0.717, 1.165) is 17.1 Å². The molecule has 5 rings (SSSR count). The summed E-state index contributed by atoms with van der Waals surface area (Å²) in [6.45, 7) is 6.54. The van der Waals surface area contributed by atoms with Crippen LogP contribution in [0, 0.1) is 20.8 Å². The van der Waals surface area contributed by atoms with Gasteiger partial charge in [-0.25, -0.2) is 0 Å². The molecule has 0 bridgehead atoms. The molecule has 0 radical (unpaired) electrons. The first kappa shape index (κ1) is 23.4. The Balaban J connectivity index is 1.72. The van der Waals surface area contributed by atoms with Crippen molar-refractivity contribution in [3.63, 3.8) is 0 Å². The van der Waals surface area contributed by atoms with Crippen LogP contribution in [0.5, 0.6) is 5.75 Å². The average molecular weight is 503 g/mol. The third kappa shape index (κ3) is 3.97. The van der Waals surface area contributed by atoms with E-state index in [1.54, 1.807) is 7.11 Å². The second-order valence-corrected chi connectivity index (χ2v) is 9.49. The van der Waals surface area contributed by atoms with Gasteiger partial charge in [0.25, 0.3) is 0 Å². The van der Waals surface area contributed by atoms with E-state index in [-0.39, 0.29) is 12.1 Å². The lowest BCUT2D eigenvalue weighted by Crippen LogP contribution is -2.29. The van der Waals surface area contributed by atoms with Crippen LogP contribution in [0.2, 0.25) is 5.02 Å². The van der Waals surface area contributed by atoms with Crippen LogP contribution >= 0.6 is 23.8 Å². The number of anilines is 1. The summed E-state index contributed by atoms with van der Waals surface area (Å²) < 4.78 is 7.71. The number of ether oxygens (including phenoxy) is 1. The number of hydrogen-bond donors (Lipinski definition) is 1. The summed E-state index contributed by atoms with van der Waals surface area (Å²) in [7, 11) is 1.62. The number of aromatic nitrogens is 2. The van der Waals surface area contributed by atoms with Crippen LogP contribution in [0.1, 0.15) is 40.3 Å². The maximum Gasteiger partial charge on any atom is 0.174 e.